The Kier molecular flexibility index (Phi) is 4.48. The quantitative estimate of drug-likeness (QED) is 0.839. The van der Waals surface area contributed by atoms with Crippen molar-refractivity contribution in [2.75, 3.05) is 30.0 Å². The topological polar surface area (TPSA) is 93.2 Å². The molecule has 1 saturated heterocycles. The monoisotopic (exact) mass is 315 g/mol. The van der Waals surface area contributed by atoms with Gasteiger partial charge in [0, 0.05) is 38.0 Å². The first-order valence-corrected chi connectivity index (χ1v) is 9.20. The van der Waals surface area contributed by atoms with Crippen molar-refractivity contribution in [2.24, 2.45) is 0 Å². The second kappa shape index (κ2) is 5.84. The van der Waals surface area contributed by atoms with E-state index in [9.17, 15) is 8.42 Å². The van der Waals surface area contributed by atoms with Crippen molar-refractivity contribution in [3.63, 3.8) is 0 Å². The van der Waals surface area contributed by atoms with Gasteiger partial charge in [0.05, 0.1) is 0 Å². The van der Waals surface area contributed by atoms with E-state index in [2.05, 4.69) is 24.3 Å². The van der Waals surface area contributed by atoms with Gasteiger partial charge in [-0.15, -0.1) is 0 Å². The summed E-state index contributed by atoms with van der Waals surface area (Å²) in [5, 5.41) is 7.90. The maximum absolute atomic E-state index is 12.1. The first kappa shape index (κ1) is 16.1. The molecule has 0 spiro atoms. The van der Waals surface area contributed by atoms with Crippen LogP contribution in [0.1, 0.15) is 27.2 Å². The highest BCUT2D eigenvalue weighted by Crippen LogP contribution is 2.31. The van der Waals surface area contributed by atoms with Gasteiger partial charge in [-0.05, 0) is 20.3 Å². The summed E-state index contributed by atoms with van der Waals surface area (Å²) in [6.45, 7) is 8.22. The van der Waals surface area contributed by atoms with Crippen molar-refractivity contribution in [1.29, 1.82) is 0 Å². The molecule has 21 heavy (non-hydrogen) atoms. The lowest BCUT2D eigenvalue weighted by Crippen LogP contribution is -2.54. The molecule has 8 heteroatoms. The number of nitrogens with one attached hydrogen (secondary N) is 1. The zero-order valence-electron chi connectivity index (χ0n) is 13.1. The van der Waals surface area contributed by atoms with Crippen LogP contribution in [0.2, 0.25) is 0 Å². The minimum atomic E-state index is -3.42. The highest BCUT2D eigenvalue weighted by Gasteiger charge is 2.31. The molecule has 0 amide bonds. The van der Waals surface area contributed by atoms with Gasteiger partial charge < -0.3 is 16.0 Å². The van der Waals surface area contributed by atoms with Crippen molar-refractivity contribution in [3.05, 3.63) is 0 Å². The summed E-state index contributed by atoms with van der Waals surface area (Å²) in [4.78, 5) is 2.18. The van der Waals surface area contributed by atoms with Gasteiger partial charge in [-0.2, -0.15) is 5.10 Å². The van der Waals surface area contributed by atoms with Crippen LogP contribution >= 0.6 is 0 Å². The third kappa shape index (κ3) is 3.32. The lowest BCUT2D eigenvalue weighted by molar-refractivity contribution is 0.403. The summed E-state index contributed by atoms with van der Waals surface area (Å²) < 4.78 is 25.8. The van der Waals surface area contributed by atoms with E-state index >= 15 is 0 Å². The second-order valence-electron chi connectivity index (χ2n) is 5.91. The Balaban J connectivity index is 2.49. The lowest BCUT2D eigenvalue weighted by Gasteiger charge is -2.36. The molecule has 0 saturated carbocycles. The number of hydrogen-bond acceptors (Lipinski definition) is 6. The largest absolute Gasteiger partial charge is 0.383 e. The number of piperazine rings is 1. The SMILES string of the molecule is CCCn1nc(N2CC(C)NC(C)C2)c(S(C)(=O)=O)c1N. The molecule has 2 unspecified atom stereocenters. The Bertz CT molecular complexity index is 600. The summed E-state index contributed by atoms with van der Waals surface area (Å²) in [6.07, 6.45) is 2.04. The van der Waals surface area contributed by atoms with Crippen molar-refractivity contribution in [2.45, 2.75) is 50.7 Å². The molecule has 2 atom stereocenters. The van der Waals surface area contributed by atoms with E-state index < -0.39 is 9.84 Å². The highest BCUT2D eigenvalue weighted by atomic mass is 32.2. The number of nitrogens with two attached hydrogens (primary N) is 1. The first-order chi connectivity index (χ1) is 9.74. The Morgan fingerprint density at radius 1 is 1.33 bits per heavy atom. The summed E-state index contributed by atoms with van der Waals surface area (Å²) in [6, 6.07) is 0.553. The molecular formula is C13H25N5O2S. The maximum atomic E-state index is 12.1. The van der Waals surface area contributed by atoms with Crippen LogP contribution in [-0.2, 0) is 16.4 Å². The summed E-state index contributed by atoms with van der Waals surface area (Å²) >= 11 is 0. The molecule has 120 valence electrons. The molecule has 0 bridgehead atoms. The van der Waals surface area contributed by atoms with Crippen LogP contribution in [0.25, 0.3) is 0 Å². The number of anilines is 2. The van der Waals surface area contributed by atoms with Gasteiger partial charge in [-0.3, -0.25) is 0 Å². The summed E-state index contributed by atoms with van der Waals surface area (Å²) in [5.74, 6) is 0.733. The van der Waals surface area contributed by atoms with Crippen molar-refractivity contribution >= 4 is 21.5 Å². The molecule has 2 heterocycles. The summed E-state index contributed by atoms with van der Waals surface area (Å²) in [5.41, 5.74) is 6.03. The minimum Gasteiger partial charge on any atom is -0.383 e. The van der Waals surface area contributed by atoms with E-state index in [0.717, 1.165) is 19.5 Å². The number of nitrogens with zero attached hydrogens (tertiary/aromatic N) is 3. The van der Waals surface area contributed by atoms with E-state index in [1.807, 2.05) is 11.8 Å². The zero-order chi connectivity index (χ0) is 15.8. The van der Waals surface area contributed by atoms with Gasteiger partial charge in [-0.25, -0.2) is 13.1 Å². The molecule has 1 aromatic heterocycles. The fourth-order valence-corrected chi connectivity index (χ4v) is 3.88. The van der Waals surface area contributed by atoms with Crippen LogP contribution in [0.4, 0.5) is 11.6 Å². The van der Waals surface area contributed by atoms with E-state index in [-0.39, 0.29) is 22.8 Å². The van der Waals surface area contributed by atoms with Crippen LogP contribution < -0.4 is 16.0 Å². The molecule has 1 aliphatic rings. The third-order valence-electron chi connectivity index (χ3n) is 3.59. The second-order valence-corrected chi connectivity index (χ2v) is 7.86. The van der Waals surface area contributed by atoms with Crippen LogP contribution in [0.3, 0.4) is 0 Å². The highest BCUT2D eigenvalue weighted by molar-refractivity contribution is 7.91. The maximum Gasteiger partial charge on any atom is 0.182 e. The summed E-state index contributed by atoms with van der Waals surface area (Å²) in [7, 11) is -3.42. The number of nitrogen functional groups attached to an aromatic ring is 1. The molecule has 1 fully saturated rings. The van der Waals surface area contributed by atoms with Gasteiger partial charge in [-0.1, -0.05) is 6.92 Å². The fraction of sp³-hybridized carbons (Fsp3) is 0.769. The standard InChI is InChI=1S/C13H25N5O2S/c1-5-6-18-12(14)11(21(4,19)20)13(16-18)17-7-9(2)15-10(3)8-17/h9-10,15H,5-8,14H2,1-4H3. The number of aromatic nitrogens is 2. The lowest BCUT2D eigenvalue weighted by atomic mass is 10.1. The van der Waals surface area contributed by atoms with Gasteiger partial charge >= 0.3 is 0 Å². The Morgan fingerprint density at radius 2 is 1.90 bits per heavy atom. The molecule has 1 aromatic rings. The van der Waals surface area contributed by atoms with Gasteiger partial charge in [0.25, 0.3) is 0 Å². The number of hydrogen-bond donors (Lipinski definition) is 2. The van der Waals surface area contributed by atoms with Crippen LogP contribution in [0.15, 0.2) is 4.90 Å². The molecule has 7 nitrogen and oxygen atoms in total. The van der Waals surface area contributed by atoms with E-state index in [4.69, 9.17) is 5.73 Å². The number of sulfone groups is 1. The molecule has 3 N–H and O–H groups in total. The Hall–Kier alpha value is -1.28. The van der Waals surface area contributed by atoms with Gasteiger partial charge in [0.1, 0.15) is 5.82 Å². The normalized spacial score (nSPS) is 23.5. The molecule has 1 aliphatic heterocycles. The van der Waals surface area contributed by atoms with Crippen molar-refractivity contribution in [1.82, 2.24) is 15.1 Å². The first-order valence-electron chi connectivity index (χ1n) is 7.31. The minimum absolute atomic E-state index is 0.164. The predicted molar refractivity (Wildman–Crippen MR) is 84.3 cm³/mol. The number of rotatable bonds is 4. The molecule has 0 aromatic carbocycles. The Labute approximate surface area is 126 Å². The number of aryl methyl sites for hydroxylation is 1. The van der Waals surface area contributed by atoms with Crippen LogP contribution in [0.5, 0.6) is 0 Å². The zero-order valence-corrected chi connectivity index (χ0v) is 13.9. The molecular weight excluding hydrogens is 290 g/mol. The average molecular weight is 315 g/mol. The molecule has 0 aliphatic carbocycles. The molecule has 0 radical (unpaired) electrons. The van der Waals surface area contributed by atoms with Crippen LogP contribution in [0, 0.1) is 0 Å². The van der Waals surface area contributed by atoms with Crippen molar-refractivity contribution < 1.29 is 8.42 Å². The van der Waals surface area contributed by atoms with E-state index in [1.165, 1.54) is 6.26 Å². The van der Waals surface area contributed by atoms with E-state index in [1.54, 1.807) is 4.68 Å². The predicted octanol–water partition coefficient (Wildman–Crippen LogP) is 0.465. The third-order valence-corrected chi connectivity index (χ3v) is 4.73. The van der Waals surface area contributed by atoms with E-state index in [0.29, 0.717) is 12.4 Å². The fourth-order valence-electron chi connectivity index (χ4n) is 2.89. The van der Waals surface area contributed by atoms with Crippen LogP contribution in [-0.4, -0.2) is 49.6 Å². The van der Waals surface area contributed by atoms with Crippen molar-refractivity contribution in [3.8, 4) is 0 Å². The van der Waals surface area contributed by atoms with Gasteiger partial charge in [0.2, 0.25) is 0 Å². The van der Waals surface area contributed by atoms with Gasteiger partial charge in [0.15, 0.2) is 20.6 Å². The molecule has 2 rings (SSSR count). The Morgan fingerprint density at radius 3 is 2.38 bits per heavy atom. The smallest absolute Gasteiger partial charge is 0.182 e. The average Bonchev–Trinajstić information content (AvgIpc) is 2.66.